The van der Waals surface area contributed by atoms with Gasteiger partial charge in [0.05, 0.1) is 25.9 Å². The molecule has 0 aliphatic carbocycles. The van der Waals surface area contributed by atoms with Crippen molar-refractivity contribution in [3.8, 4) is 0 Å². The normalized spacial score (nSPS) is 20.0. The fraction of sp³-hybridized carbons (Fsp3) is 0.600. The standard InChI is InChI=1S/C10H17N5O2/c1-7-4-9(14-10(13-7)15-11)12-5-8-6-16-2-3-17-8/h4,8H,2-3,5-6,11H2,1H3,(H2,12,13,14,15). The minimum absolute atomic E-state index is 0.0632. The van der Waals surface area contributed by atoms with Gasteiger partial charge in [-0.15, -0.1) is 0 Å². The number of rotatable bonds is 4. The molecule has 4 N–H and O–H groups in total. The molecule has 7 heteroatoms. The van der Waals surface area contributed by atoms with Crippen LogP contribution in [0.3, 0.4) is 0 Å². The van der Waals surface area contributed by atoms with Crippen molar-refractivity contribution in [2.45, 2.75) is 13.0 Å². The van der Waals surface area contributed by atoms with Crippen molar-refractivity contribution in [2.75, 3.05) is 37.1 Å². The molecule has 0 bridgehead atoms. The van der Waals surface area contributed by atoms with Crippen LogP contribution in [0.5, 0.6) is 0 Å². The second-order valence-electron chi connectivity index (χ2n) is 3.81. The first kappa shape index (κ1) is 12.0. The number of hydrogen-bond donors (Lipinski definition) is 3. The highest BCUT2D eigenvalue weighted by Crippen LogP contribution is 2.09. The Labute approximate surface area is 99.7 Å². The monoisotopic (exact) mass is 239 g/mol. The number of nitrogens with two attached hydrogens (primary N) is 1. The van der Waals surface area contributed by atoms with Gasteiger partial charge >= 0.3 is 0 Å². The van der Waals surface area contributed by atoms with Crippen LogP contribution >= 0.6 is 0 Å². The lowest BCUT2D eigenvalue weighted by Crippen LogP contribution is -2.34. The molecule has 2 heterocycles. The van der Waals surface area contributed by atoms with E-state index in [0.29, 0.717) is 32.3 Å². The number of aromatic nitrogens is 2. The molecule has 1 aromatic heterocycles. The van der Waals surface area contributed by atoms with Gasteiger partial charge in [-0.1, -0.05) is 0 Å². The van der Waals surface area contributed by atoms with Crippen LogP contribution < -0.4 is 16.6 Å². The SMILES string of the molecule is Cc1cc(NCC2COCCO2)nc(NN)n1. The molecule has 1 aromatic rings. The zero-order valence-electron chi connectivity index (χ0n) is 9.77. The van der Waals surface area contributed by atoms with Crippen molar-refractivity contribution in [1.82, 2.24) is 9.97 Å². The molecular formula is C10H17N5O2. The number of nitrogen functional groups attached to an aromatic ring is 1. The van der Waals surface area contributed by atoms with E-state index in [2.05, 4.69) is 20.7 Å². The van der Waals surface area contributed by atoms with Gasteiger partial charge < -0.3 is 14.8 Å². The summed E-state index contributed by atoms with van der Waals surface area (Å²) in [5, 5.41) is 3.18. The predicted octanol–water partition coefficient (Wildman–Crippen LogP) is -0.102. The van der Waals surface area contributed by atoms with Crippen LogP contribution in [-0.4, -0.2) is 42.4 Å². The minimum Gasteiger partial charge on any atom is -0.376 e. The molecule has 7 nitrogen and oxygen atoms in total. The highest BCUT2D eigenvalue weighted by Gasteiger charge is 2.14. The summed E-state index contributed by atoms with van der Waals surface area (Å²) in [6, 6.07) is 1.85. The predicted molar refractivity (Wildman–Crippen MR) is 63.6 cm³/mol. The van der Waals surface area contributed by atoms with E-state index in [-0.39, 0.29) is 6.10 Å². The van der Waals surface area contributed by atoms with Gasteiger partial charge in [-0.3, -0.25) is 5.43 Å². The van der Waals surface area contributed by atoms with Crippen molar-refractivity contribution < 1.29 is 9.47 Å². The third-order valence-electron chi connectivity index (χ3n) is 2.38. The van der Waals surface area contributed by atoms with Crippen molar-refractivity contribution in [2.24, 2.45) is 5.84 Å². The first-order valence-electron chi connectivity index (χ1n) is 5.53. The maximum Gasteiger partial charge on any atom is 0.239 e. The highest BCUT2D eigenvalue weighted by molar-refractivity contribution is 5.41. The van der Waals surface area contributed by atoms with Crippen LogP contribution in [0.1, 0.15) is 5.69 Å². The highest BCUT2D eigenvalue weighted by atomic mass is 16.6. The quantitative estimate of drug-likeness (QED) is 0.499. The summed E-state index contributed by atoms with van der Waals surface area (Å²) >= 11 is 0. The number of anilines is 2. The van der Waals surface area contributed by atoms with Crippen LogP contribution in [0.2, 0.25) is 0 Å². The van der Waals surface area contributed by atoms with E-state index in [4.69, 9.17) is 15.3 Å². The van der Waals surface area contributed by atoms with E-state index >= 15 is 0 Å². The van der Waals surface area contributed by atoms with Gasteiger partial charge in [-0.25, -0.2) is 10.8 Å². The summed E-state index contributed by atoms with van der Waals surface area (Å²) in [4.78, 5) is 8.29. The van der Waals surface area contributed by atoms with E-state index in [1.807, 2.05) is 13.0 Å². The summed E-state index contributed by atoms with van der Waals surface area (Å²) in [6.45, 7) is 4.46. The Hall–Kier alpha value is -1.44. The summed E-state index contributed by atoms with van der Waals surface area (Å²) in [7, 11) is 0. The number of hydrazine groups is 1. The van der Waals surface area contributed by atoms with Gasteiger partial charge in [0, 0.05) is 18.3 Å². The molecule has 0 aromatic carbocycles. The molecule has 1 aliphatic rings. The van der Waals surface area contributed by atoms with Gasteiger partial charge in [0.1, 0.15) is 5.82 Å². The molecule has 0 radical (unpaired) electrons. The van der Waals surface area contributed by atoms with Crippen LogP contribution in [0, 0.1) is 6.92 Å². The molecule has 1 saturated heterocycles. The molecule has 1 unspecified atom stereocenters. The van der Waals surface area contributed by atoms with Crippen molar-refractivity contribution in [3.63, 3.8) is 0 Å². The van der Waals surface area contributed by atoms with Gasteiger partial charge in [0.2, 0.25) is 5.95 Å². The van der Waals surface area contributed by atoms with Gasteiger partial charge in [-0.2, -0.15) is 4.98 Å². The smallest absolute Gasteiger partial charge is 0.239 e. The van der Waals surface area contributed by atoms with Crippen LogP contribution in [0.25, 0.3) is 0 Å². The number of hydrogen-bond acceptors (Lipinski definition) is 7. The molecule has 1 aliphatic heterocycles. The summed E-state index contributed by atoms with van der Waals surface area (Å²) in [5.74, 6) is 6.40. The second-order valence-corrected chi connectivity index (χ2v) is 3.81. The lowest BCUT2D eigenvalue weighted by atomic mass is 10.3. The Morgan fingerprint density at radius 2 is 2.35 bits per heavy atom. The van der Waals surface area contributed by atoms with Crippen LogP contribution in [-0.2, 0) is 9.47 Å². The summed E-state index contributed by atoms with van der Waals surface area (Å²) < 4.78 is 10.8. The van der Waals surface area contributed by atoms with Crippen molar-refractivity contribution in [3.05, 3.63) is 11.8 Å². The third-order valence-corrected chi connectivity index (χ3v) is 2.38. The van der Waals surface area contributed by atoms with Crippen molar-refractivity contribution >= 4 is 11.8 Å². The van der Waals surface area contributed by atoms with Crippen LogP contribution in [0.4, 0.5) is 11.8 Å². The average molecular weight is 239 g/mol. The maximum atomic E-state index is 5.52. The Balaban J connectivity index is 1.91. The topological polar surface area (TPSA) is 94.3 Å². The molecule has 2 rings (SSSR count). The largest absolute Gasteiger partial charge is 0.376 e. The van der Waals surface area contributed by atoms with E-state index in [1.54, 1.807) is 0 Å². The van der Waals surface area contributed by atoms with E-state index < -0.39 is 0 Å². The van der Waals surface area contributed by atoms with Gasteiger partial charge in [0.15, 0.2) is 0 Å². The molecule has 17 heavy (non-hydrogen) atoms. The second kappa shape index (κ2) is 5.76. The molecule has 0 saturated carbocycles. The third kappa shape index (κ3) is 3.52. The molecule has 0 amide bonds. The Morgan fingerprint density at radius 3 is 3.06 bits per heavy atom. The van der Waals surface area contributed by atoms with E-state index in [0.717, 1.165) is 11.5 Å². The first-order valence-corrected chi connectivity index (χ1v) is 5.53. The summed E-state index contributed by atoms with van der Waals surface area (Å²) in [6.07, 6.45) is 0.0632. The first-order chi connectivity index (χ1) is 8.28. The Bertz CT molecular complexity index is 368. The number of ether oxygens (including phenoxy) is 2. The van der Waals surface area contributed by atoms with E-state index in [1.165, 1.54) is 0 Å². The lowest BCUT2D eigenvalue weighted by molar-refractivity contribution is -0.0819. The average Bonchev–Trinajstić information content (AvgIpc) is 2.37. The number of aryl methyl sites for hydroxylation is 1. The van der Waals surface area contributed by atoms with Crippen LogP contribution in [0.15, 0.2) is 6.07 Å². The molecule has 1 atom stereocenters. The fourth-order valence-corrected chi connectivity index (χ4v) is 1.60. The van der Waals surface area contributed by atoms with E-state index in [9.17, 15) is 0 Å². The molecule has 94 valence electrons. The maximum absolute atomic E-state index is 5.52. The summed E-state index contributed by atoms with van der Waals surface area (Å²) in [5.41, 5.74) is 3.27. The molecular weight excluding hydrogens is 222 g/mol. The zero-order valence-corrected chi connectivity index (χ0v) is 9.77. The van der Waals surface area contributed by atoms with Gasteiger partial charge in [0.25, 0.3) is 0 Å². The van der Waals surface area contributed by atoms with Crippen molar-refractivity contribution in [1.29, 1.82) is 0 Å². The Kier molecular flexibility index (Phi) is 4.08. The fourth-order valence-electron chi connectivity index (χ4n) is 1.60. The number of nitrogens with one attached hydrogen (secondary N) is 2. The molecule has 0 spiro atoms. The van der Waals surface area contributed by atoms with Gasteiger partial charge in [-0.05, 0) is 6.92 Å². The zero-order chi connectivity index (χ0) is 12.1. The Morgan fingerprint density at radius 1 is 1.47 bits per heavy atom. The molecule has 1 fully saturated rings. The minimum atomic E-state index is 0.0632. The lowest BCUT2D eigenvalue weighted by Gasteiger charge is -2.23. The number of nitrogens with zero attached hydrogens (tertiary/aromatic N) is 2.